The van der Waals surface area contributed by atoms with E-state index in [2.05, 4.69) is 31.1 Å². The topological polar surface area (TPSA) is 50.2 Å². The number of aromatic nitrogens is 1. The second-order valence-electron chi connectivity index (χ2n) is 5.95. The van der Waals surface area contributed by atoms with Crippen molar-refractivity contribution < 1.29 is 9.90 Å². The van der Waals surface area contributed by atoms with Gasteiger partial charge >= 0.3 is 5.97 Å². The largest absolute Gasteiger partial charge is 0.478 e. The number of carboxylic acids is 1. The first-order valence-corrected chi connectivity index (χ1v) is 7.43. The van der Waals surface area contributed by atoms with Crippen LogP contribution in [-0.4, -0.2) is 16.1 Å². The smallest absolute Gasteiger partial charge is 0.335 e. The summed E-state index contributed by atoms with van der Waals surface area (Å²) in [6.07, 6.45) is 0.688. The summed E-state index contributed by atoms with van der Waals surface area (Å²) in [5, 5.41) is 12.3. The molecule has 0 atom stereocenters. The van der Waals surface area contributed by atoms with Crippen LogP contribution in [-0.2, 0) is 11.8 Å². The van der Waals surface area contributed by atoms with E-state index in [0.717, 1.165) is 21.8 Å². The van der Waals surface area contributed by atoms with Crippen LogP contribution in [0.4, 0.5) is 0 Å². The molecule has 1 heterocycles. The summed E-state index contributed by atoms with van der Waals surface area (Å²) >= 11 is 1.64. The van der Waals surface area contributed by atoms with E-state index < -0.39 is 5.97 Å². The van der Waals surface area contributed by atoms with E-state index in [1.165, 1.54) is 0 Å². The van der Waals surface area contributed by atoms with Crippen molar-refractivity contribution in [2.45, 2.75) is 39.5 Å². The third-order valence-corrected chi connectivity index (χ3v) is 4.19. The Labute approximate surface area is 123 Å². The Morgan fingerprint density at radius 2 is 2.05 bits per heavy atom. The number of carbonyl (C=O) groups is 1. The van der Waals surface area contributed by atoms with Gasteiger partial charge in [0.05, 0.1) is 16.3 Å². The summed E-state index contributed by atoms with van der Waals surface area (Å²) in [5.74, 6) is -0.876. The molecule has 0 bridgehead atoms. The van der Waals surface area contributed by atoms with Gasteiger partial charge in [0, 0.05) is 17.2 Å². The monoisotopic (exact) mass is 289 g/mol. The fraction of sp³-hybridized carbons (Fsp3) is 0.375. The Balaban J connectivity index is 2.29. The van der Waals surface area contributed by atoms with Gasteiger partial charge in [0.2, 0.25) is 0 Å². The van der Waals surface area contributed by atoms with Gasteiger partial charge in [0.25, 0.3) is 0 Å². The lowest BCUT2D eigenvalue weighted by Gasteiger charge is -2.14. The van der Waals surface area contributed by atoms with Crippen molar-refractivity contribution in [1.29, 1.82) is 0 Å². The number of benzene rings is 1. The quantitative estimate of drug-likeness (QED) is 0.927. The van der Waals surface area contributed by atoms with Crippen LogP contribution in [0.1, 0.15) is 53.0 Å². The van der Waals surface area contributed by atoms with E-state index in [-0.39, 0.29) is 5.41 Å². The molecular formula is C16H19NO2S. The van der Waals surface area contributed by atoms with E-state index in [4.69, 9.17) is 5.11 Å². The number of rotatable bonds is 3. The first-order valence-electron chi connectivity index (χ1n) is 6.55. The molecule has 1 aromatic carbocycles. The molecule has 20 heavy (non-hydrogen) atoms. The molecule has 106 valence electrons. The number of aromatic carboxylic acids is 1. The highest BCUT2D eigenvalue weighted by Crippen LogP contribution is 2.26. The summed E-state index contributed by atoms with van der Waals surface area (Å²) in [6, 6.07) is 5.41. The number of hydrogen-bond acceptors (Lipinski definition) is 3. The molecule has 0 aliphatic heterocycles. The summed E-state index contributed by atoms with van der Waals surface area (Å²) < 4.78 is 0. The molecule has 0 saturated heterocycles. The van der Waals surface area contributed by atoms with Crippen LogP contribution in [0.15, 0.2) is 23.6 Å². The zero-order chi connectivity index (χ0) is 14.9. The van der Waals surface area contributed by atoms with Crippen LogP contribution >= 0.6 is 11.3 Å². The molecule has 0 amide bonds. The second-order valence-corrected chi connectivity index (χ2v) is 6.89. The highest BCUT2D eigenvalue weighted by molar-refractivity contribution is 7.09. The maximum absolute atomic E-state index is 11.1. The molecule has 0 spiro atoms. The fourth-order valence-corrected chi connectivity index (χ4v) is 3.05. The van der Waals surface area contributed by atoms with Gasteiger partial charge in [-0.1, -0.05) is 32.9 Å². The van der Waals surface area contributed by atoms with Crippen molar-refractivity contribution in [2.24, 2.45) is 0 Å². The van der Waals surface area contributed by atoms with Crippen molar-refractivity contribution >= 4 is 17.3 Å². The van der Waals surface area contributed by atoms with Crippen LogP contribution in [0.25, 0.3) is 0 Å². The summed E-state index contributed by atoms with van der Waals surface area (Å²) in [4.78, 5) is 15.8. The van der Waals surface area contributed by atoms with E-state index >= 15 is 0 Å². The lowest BCUT2D eigenvalue weighted by molar-refractivity contribution is 0.0696. The molecule has 1 N–H and O–H groups in total. The van der Waals surface area contributed by atoms with Gasteiger partial charge in [-0.15, -0.1) is 11.3 Å². The zero-order valence-electron chi connectivity index (χ0n) is 12.2. The summed E-state index contributed by atoms with van der Waals surface area (Å²) in [7, 11) is 0. The number of thiazole rings is 1. The van der Waals surface area contributed by atoms with Crippen molar-refractivity contribution in [3.63, 3.8) is 0 Å². The minimum atomic E-state index is -0.876. The van der Waals surface area contributed by atoms with Crippen molar-refractivity contribution in [3.05, 3.63) is 51.0 Å². The molecule has 0 unspecified atom stereocenters. The van der Waals surface area contributed by atoms with Gasteiger partial charge < -0.3 is 5.11 Å². The third kappa shape index (κ3) is 3.07. The highest BCUT2D eigenvalue weighted by atomic mass is 32.1. The Morgan fingerprint density at radius 3 is 2.60 bits per heavy atom. The second kappa shape index (κ2) is 5.37. The molecule has 2 rings (SSSR count). The zero-order valence-corrected chi connectivity index (χ0v) is 13.0. The summed E-state index contributed by atoms with van der Waals surface area (Å²) in [5.41, 5.74) is 3.36. The van der Waals surface area contributed by atoms with Crippen molar-refractivity contribution in [1.82, 2.24) is 4.98 Å². The van der Waals surface area contributed by atoms with E-state index in [1.54, 1.807) is 23.5 Å². The van der Waals surface area contributed by atoms with Gasteiger partial charge in [-0.05, 0) is 24.1 Å². The Kier molecular flexibility index (Phi) is 3.95. The van der Waals surface area contributed by atoms with Crippen LogP contribution in [0.2, 0.25) is 0 Å². The Bertz CT molecular complexity index is 638. The molecule has 2 aromatic rings. The normalized spacial score (nSPS) is 11.6. The Morgan fingerprint density at radius 1 is 1.35 bits per heavy atom. The van der Waals surface area contributed by atoms with Gasteiger partial charge in [-0.2, -0.15) is 0 Å². The molecule has 0 radical (unpaired) electrons. The lowest BCUT2D eigenvalue weighted by atomic mass is 9.93. The molecular weight excluding hydrogens is 270 g/mol. The number of hydrogen-bond donors (Lipinski definition) is 1. The standard InChI is InChI=1S/C16H19NO2S/c1-10-11(6-5-7-12(10)15(18)19)8-14-17-13(9-20-14)16(2,3)4/h5-7,9H,8H2,1-4H3,(H,18,19). The predicted octanol–water partition coefficient (Wildman–Crippen LogP) is 4.04. The number of carboxylic acid groups (broad SMARTS) is 1. The molecule has 0 aliphatic carbocycles. The van der Waals surface area contributed by atoms with Crippen molar-refractivity contribution in [2.75, 3.05) is 0 Å². The average Bonchev–Trinajstić information content (AvgIpc) is 2.80. The maximum Gasteiger partial charge on any atom is 0.335 e. The molecule has 4 heteroatoms. The van der Waals surface area contributed by atoms with E-state index in [1.807, 2.05) is 13.0 Å². The maximum atomic E-state index is 11.1. The van der Waals surface area contributed by atoms with Crippen molar-refractivity contribution in [3.8, 4) is 0 Å². The number of nitrogens with zero attached hydrogens (tertiary/aromatic N) is 1. The third-order valence-electron chi connectivity index (χ3n) is 3.34. The first-order chi connectivity index (χ1) is 9.29. The average molecular weight is 289 g/mol. The van der Waals surface area contributed by atoms with Crippen LogP contribution in [0.5, 0.6) is 0 Å². The SMILES string of the molecule is Cc1c(Cc2nc(C(C)(C)C)cs2)cccc1C(=O)O. The van der Waals surface area contributed by atoms with Crippen LogP contribution in [0.3, 0.4) is 0 Å². The van der Waals surface area contributed by atoms with Gasteiger partial charge in [0.1, 0.15) is 0 Å². The fourth-order valence-electron chi connectivity index (χ4n) is 2.01. The minimum absolute atomic E-state index is 0.0483. The molecule has 3 nitrogen and oxygen atoms in total. The van der Waals surface area contributed by atoms with E-state index in [9.17, 15) is 4.79 Å². The van der Waals surface area contributed by atoms with E-state index in [0.29, 0.717) is 12.0 Å². The summed E-state index contributed by atoms with van der Waals surface area (Å²) in [6.45, 7) is 8.28. The Hall–Kier alpha value is -1.68. The lowest BCUT2D eigenvalue weighted by Crippen LogP contribution is -2.11. The van der Waals surface area contributed by atoms with Crippen LogP contribution < -0.4 is 0 Å². The van der Waals surface area contributed by atoms with Crippen LogP contribution in [0, 0.1) is 6.92 Å². The molecule has 0 saturated carbocycles. The van der Waals surface area contributed by atoms with Gasteiger partial charge in [-0.25, -0.2) is 9.78 Å². The van der Waals surface area contributed by atoms with Gasteiger partial charge in [0.15, 0.2) is 0 Å². The van der Waals surface area contributed by atoms with Gasteiger partial charge in [-0.3, -0.25) is 0 Å². The molecule has 0 fully saturated rings. The predicted molar refractivity (Wildman–Crippen MR) is 81.8 cm³/mol. The first kappa shape index (κ1) is 14.7. The molecule has 1 aromatic heterocycles. The minimum Gasteiger partial charge on any atom is -0.478 e. The molecule has 0 aliphatic rings. The highest BCUT2D eigenvalue weighted by Gasteiger charge is 2.18.